The Labute approximate surface area is 216 Å². The third-order valence-electron chi connectivity index (χ3n) is 5.89. The number of hydrogen-bond acceptors (Lipinski definition) is 5. The van der Waals surface area contributed by atoms with Gasteiger partial charge in [0.1, 0.15) is 11.1 Å². The number of amides is 1. The van der Waals surface area contributed by atoms with Gasteiger partial charge in [-0.3, -0.25) is 9.69 Å². The maximum atomic E-state index is 13.5. The zero-order chi connectivity index (χ0) is 25.9. The largest absolute Gasteiger partial charge is 0.448 e. The van der Waals surface area contributed by atoms with E-state index in [0.29, 0.717) is 11.1 Å². The Morgan fingerprint density at radius 2 is 1.36 bits per heavy atom. The summed E-state index contributed by atoms with van der Waals surface area (Å²) >= 11 is 6.22. The highest BCUT2D eigenvalue weighted by Gasteiger charge is 2.56. The van der Waals surface area contributed by atoms with Crippen LogP contribution < -0.4 is 0 Å². The molecule has 8 heteroatoms. The number of sulfone groups is 1. The highest BCUT2D eigenvalue weighted by atomic mass is 35.5. The average Bonchev–Trinajstić information content (AvgIpc) is 2.87. The van der Waals surface area contributed by atoms with Crippen LogP contribution in [0, 0.1) is 0 Å². The zero-order valence-electron chi connectivity index (χ0n) is 19.9. The summed E-state index contributed by atoms with van der Waals surface area (Å²) < 4.78 is 32.6. The summed E-state index contributed by atoms with van der Waals surface area (Å²) in [6.45, 7) is 3.26. The molecule has 4 rings (SSSR count). The quantitative estimate of drug-likeness (QED) is 0.179. The number of hydrogen-bond donors (Lipinski definition) is 0. The van der Waals surface area contributed by atoms with Crippen LogP contribution in [0.2, 0.25) is 0 Å². The van der Waals surface area contributed by atoms with Gasteiger partial charge in [-0.2, -0.15) is 0 Å². The van der Waals surface area contributed by atoms with Gasteiger partial charge in [0.15, 0.2) is 21.3 Å². The summed E-state index contributed by atoms with van der Waals surface area (Å²) in [5.41, 5.74) is 2.37. The van der Waals surface area contributed by atoms with Crippen LogP contribution in [0.5, 0.6) is 0 Å². The first-order valence-electron chi connectivity index (χ1n) is 11.4. The van der Waals surface area contributed by atoms with Gasteiger partial charge in [-0.05, 0) is 36.1 Å². The van der Waals surface area contributed by atoms with Crippen molar-refractivity contribution in [2.24, 2.45) is 0 Å². The van der Waals surface area contributed by atoms with Crippen molar-refractivity contribution < 1.29 is 22.7 Å². The summed E-state index contributed by atoms with van der Waals surface area (Å²) in [6.07, 6.45) is -0.753. The Morgan fingerprint density at radius 1 is 0.889 bits per heavy atom. The number of β-lactam (4-membered cyclic amide) rings is 1. The van der Waals surface area contributed by atoms with Crippen molar-refractivity contribution in [1.82, 2.24) is 4.90 Å². The molecule has 0 saturated carbocycles. The number of carbonyl (C=O) groups is 2. The number of carbonyl (C=O) groups excluding carboxylic acids is 2. The van der Waals surface area contributed by atoms with Gasteiger partial charge in [-0.15, -0.1) is 11.6 Å². The molecule has 0 radical (unpaired) electrons. The molecular weight excluding hydrogens is 498 g/mol. The van der Waals surface area contributed by atoms with Gasteiger partial charge < -0.3 is 4.74 Å². The predicted molar refractivity (Wildman–Crippen MR) is 139 cm³/mol. The smallest absolute Gasteiger partial charge is 0.355 e. The van der Waals surface area contributed by atoms with Crippen molar-refractivity contribution in [2.45, 2.75) is 36.5 Å². The molecule has 2 atom stereocenters. The maximum Gasteiger partial charge on any atom is 0.355 e. The molecule has 0 bridgehead atoms. The fraction of sp³-hybridized carbons (Fsp3) is 0.214. The van der Waals surface area contributed by atoms with Crippen LogP contribution in [-0.4, -0.2) is 35.9 Å². The van der Waals surface area contributed by atoms with Crippen molar-refractivity contribution in [3.8, 4) is 0 Å². The third kappa shape index (κ3) is 5.22. The van der Waals surface area contributed by atoms with Gasteiger partial charge >= 0.3 is 5.97 Å². The Kier molecular flexibility index (Phi) is 7.62. The molecule has 0 aromatic heterocycles. The van der Waals surface area contributed by atoms with Gasteiger partial charge in [-0.1, -0.05) is 91.0 Å². The van der Waals surface area contributed by atoms with E-state index in [4.69, 9.17) is 16.3 Å². The molecule has 1 aliphatic rings. The number of nitrogens with zero attached hydrogens (tertiary/aromatic N) is 1. The Balaban J connectivity index is 1.66. The topological polar surface area (TPSA) is 80.8 Å². The first-order chi connectivity index (χ1) is 17.2. The average molecular weight is 524 g/mol. The van der Waals surface area contributed by atoms with Crippen LogP contribution in [0.25, 0.3) is 0 Å². The normalized spacial score (nSPS) is 17.4. The molecule has 0 spiro atoms. The number of alkyl halides is 1. The lowest BCUT2D eigenvalue weighted by Crippen LogP contribution is -2.65. The van der Waals surface area contributed by atoms with Crippen molar-refractivity contribution in [2.75, 3.05) is 0 Å². The fourth-order valence-electron chi connectivity index (χ4n) is 4.19. The predicted octanol–water partition coefficient (Wildman–Crippen LogP) is 5.00. The summed E-state index contributed by atoms with van der Waals surface area (Å²) in [6, 6.07) is 27.0. The zero-order valence-corrected chi connectivity index (χ0v) is 21.4. The lowest BCUT2D eigenvalue weighted by molar-refractivity contribution is -0.151. The highest BCUT2D eigenvalue weighted by Crippen LogP contribution is 2.37. The lowest BCUT2D eigenvalue weighted by Gasteiger charge is -2.44. The SMILES string of the molecule is CC(C)=C(C(=O)OC(c1ccccc1)c1ccccc1)N1C(=O)[C@H](Cl)[C@H]1S(=O)(=O)Cc1ccccc1. The molecule has 1 aliphatic heterocycles. The molecule has 0 unspecified atom stereocenters. The Hall–Kier alpha value is -3.42. The second-order valence-electron chi connectivity index (χ2n) is 8.75. The van der Waals surface area contributed by atoms with Crippen LogP contribution >= 0.6 is 11.6 Å². The van der Waals surface area contributed by atoms with Crippen LogP contribution in [0.3, 0.4) is 0 Å². The van der Waals surface area contributed by atoms with E-state index in [0.717, 1.165) is 16.0 Å². The number of likely N-dealkylation sites (tertiary alicyclic amines) is 1. The molecule has 0 N–H and O–H groups in total. The molecule has 6 nitrogen and oxygen atoms in total. The van der Waals surface area contributed by atoms with Gasteiger partial charge in [0.05, 0.1) is 5.75 Å². The molecule has 36 heavy (non-hydrogen) atoms. The number of rotatable bonds is 8. The maximum absolute atomic E-state index is 13.5. The van der Waals surface area contributed by atoms with Crippen molar-refractivity contribution >= 4 is 33.3 Å². The first-order valence-corrected chi connectivity index (χ1v) is 13.6. The molecule has 3 aromatic carbocycles. The van der Waals surface area contributed by atoms with E-state index in [1.54, 1.807) is 44.2 Å². The van der Waals surface area contributed by atoms with E-state index >= 15 is 0 Å². The van der Waals surface area contributed by atoms with E-state index in [1.165, 1.54) is 0 Å². The van der Waals surface area contributed by atoms with Crippen LogP contribution in [0.4, 0.5) is 0 Å². The van der Waals surface area contributed by atoms with E-state index in [9.17, 15) is 18.0 Å². The van der Waals surface area contributed by atoms with Gasteiger partial charge in [-0.25, -0.2) is 13.2 Å². The first kappa shape index (κ1) is 25.7. The molecule has 1 saturated heterocycles. The second-order valence-corrected chi connectivity index (χ2v) is 11.3. The van der Waals surface area contributed by atoms with Gasteiger partial charge in [0.25, 0.3) is 0 Å². The Morgan fingerprint density at radius 3 is 1.83 bits per heavy atom. The third-order valence-corrected chi connectivity index (χ3v) is 8.42. The fourth-order valence-corrected chi connectivity index (χ4v) is 6.72. The van der Waals surface area contributed by atoms with Gasteiger partial charge in [0, 0.05) is 0 Å². The number of esters is 1. The molecule has 0 aliphatic carbocycles. The number of ether oxygens (including phenoxy) is 1. The van der Waals surface area contributed by atoms with Crippen molar-refractivity contribution in [1.29, 1.82) is 0 Å². The number of benzene rings is 3. The molecule has 1 heterocycles. The second kappa shape index (κ2) is 10.7. The molecule has 1 fully saturated rings. The number of allylic oxidation sites excluding steroid dienone is 1. The standard InChI is InChI=1S/C28H26ClNO5S/c1-19(2)24(28(32)35-25(21-14-8-4-9-15-21)22-16-10-5-11-17-22)30-26(31)23(29)27(30)36(33,34)18-20-12-6-3-7-13-20/h3-17,23,25,27H,18H2,1-2H3/t23-,27+/m0/s1. The van der Waals surface area contributed by atoms with Crippen LogP contribution in [-0.2, 0) is 29.9 Å². The van der Waals surface area contributed by atoms with Crippen molar-refractivity contribution in [3.63, 3.8) is 0 Å². The Bertz CT molecular complexity index is 1330. The van der Waals surface area contributed by atoms with Crippen LogP contribution in [0.15, 0.2) is 102 Å². The van der Waals surface area contributed by atoms with E-state index in [-0.39, 0.29) is 11.4 Å². The minimum Gasteiger partial charge on any atom is -0.448 e. The van der Waals surface area contributed by atoms with Gasteiger partial charge in [0.2, 0.25) is 5.91 Å². The van der Waals surface area contributed by atoms with E-state index in [2.05, 4.69) is 0 Å². The molecule has 1 amide bonds. The molecular formula is C28H26ClNO5S. The monoisotopic (exact) mass is 523 g/mol. The summed E-state index contributed by atoms with van der Waals surface area (Å²) in [5, 5.41) is -2.67. The van der Waals surface area contributed by atoms with E-state index < -0.39 is 38.6 Å². The summed E-state index contributed by atoms with van der Waals surface area (Å²) in [5.74, 6) is -1.76. The molecule has 186 valence electrons. The summed E-state index contributed by atoms with van der Waals surface area (Å²) in [7, 11) is -3.92. The van der Waals surface area contributed by atoms with E-state index in [1.807, 2.05) is 60.7 Å². The lowest BCUT2D eigenvalue weighted by atomic mass is 10.0. The minimum absolute atomic E-state index is 0.115. The number of halogens is 1. The summed E-state index contributed by atoms with van der Waals surface area (Å²) in [4.78, 5) is 27.4. The molecule has 3 aromatic rings. The van der Waals surface area contributed by atoms with Crippen LogP contribution in [0.1, 0.15) is 36.6 Å². The minimum atomic E-state index is -3.92. The van der Waals surface area contributed by atoms with Crippen molar-refractivity contribution in [3.05, 3.63) is 119 Å². The highest BCUT2D eigenvalue weighted by molar-refractivity contribution is 7.91.